The van der Waals surface area contributed by atoms with Crippen LogP contribution in [0.1, 0.15) is 18.2 Å². The molecular weight excluding hydrogens is 450 g/mol. The average molecular weight is 476 g/mol. The number of carbonyl (C=O) groups is 2. The molecule has 0 radical (unpaired) electrons. The zero-order valence-electron chi connectivity index (χ0n) is 16.6. The van der Waals surface area contributed by atoms with Gasteiger partial charge < -0.3 is 10.2 Å². The second-order valence-corrected chi connectivity index (χ2v) is 8.98. The molecule has 1 aromatic carbocycles. The van der Waals surface area contributed by atoms with Gasteiger partial charge in [0.1, 0.15) is 0 Å². The fourth-order valence-corrected chi connectivity index (χ4v) is 4.46. The number of carbonyl (C=O) groups excluding carboxylic acids is 2. The molecule has 3 rings (SSSR count). The van der Waals surface area contributed by atoms with Crippen LogP contribution in [0.4, 0.5) is 0 Å². The van der Waals surface area contributed by atoms with Gasteiger partial charge in [0.15, 0.2) is 0 Å². The van der Waals surface area contributed by atoms with Gasteiger partial charge in [-0.1, -0.05) is 28.1 Å². The Bertz CT molecular complexity index is 863. The summed E-state index contributed by atoms with van der Waals surface area (Å²) in [7, 11) is 0. The zero-order valence-corrected chi connectivity index (χ0v) is 19.0. The molecule has 0 unspecified atom stereocenters. The van der Waals surface area contributed by atoms with Gasteiger partial charge in [0.2, 0.25) is 11.8 Å². The highest BCUT2D eigenvalue weighted by Gasteiger charge is 2.19. The topological polar surface area (TPSA) is 52.7 Å². The van der Waals surface area contributed by atoms with E-state index in [4.69, 9.17) is 0 Å². The van der Waals surface area contributed by atoms with Crippen LogP contribution in [-0.4, -0.2) is 60.9 Å². The second-order valence-electron chi connectivity index (χ2n) is 6.95. The van der Waals surface area contributed by atoms with Crippen LogP contribution < -0.4 is 5.32 Å². The van der Waals surface area contributed by atoms with E-state index in [-0.39, 0.29) is 11.8 Å². The standard InChI is InChI=1S/C22H26BrN3O2S/c1-2-24-21(27)16-25-12-3-13-26(15-14-25)22(28)11-9-19-8-10-20(29-19)17-4-6-18(23)7-5-17/h4-11H,2-3,12-16H2,1H3,(H,24,27)/b11-9+. The first kappa shape index (κ1) is 21.7. The Morgan fingerprint density at radius 1 is 1.10 bits per heavy atom. The lowest BCUT2D eigenvalue weighted by Crippen LogP contribution is -2.39. The summed E-state index contributed by atoms with van der Waals surface area (Å²) in [5.74, 6) is 0.0786. The van der Waals surface area contributed by atoms with E-state index in [1.165, 1.54) is 10.4 Å². The highest BCUT2D eigenvalue weighted by Crippen LogP contribution is 2.29. The molecule has 0 aliphatic carbocycles. The molecule has 0 bridgehead atoms. The number of nitrogens with one attached hydrogen (secondary N) is 1. The Labute approximate surface area is 184 Å². The fourth-order valence-electron chi connectivity index (χ4n) is 3.28. The number of hydrogen-bond donors (Lipinski definition) is 1. The lowest BCUT2D eigenvalue weighted by molar-refractivity contribution is -0.125. The van der Waals surface area contributed by atoms with Crippen molar-refractivity contribution in [3.05, 3.63) is 51.8 Å². The van der Waals surface area contributed by atoms with E-state index < -0.39 is 0 Å². The monoisotopic (exact) mass is 475 g/mol. The summed E-state index contributed by atoms with van der Waals surface area (Å²) in [6.07, 6.45) is 4.44. The van der Waals surface area contributed by atoms with Crippen molar-refractivity contribution in [2.75, 3.05) is 39.3 Å². The number of rotatable bonds is 6. The van der Waals surface area contributed by atoms with E-state index in [1.54, 1.807) is 17.4 Å². The normalized spacial score (nSPS) is 15.4. The minimum Gasteiger partial charge on any atom is -0.355 e. The molecule has 1 fully saturated rings. The lowest BCUT2D eigenvalue weighted by atomic mass is 10.2. The van der Waals surface area contributed by atoms with Gasteiger partial charge in [-0.25, -0.2) is 0 Å². The number of likely N-dealkylation sites (N-methyl/N-ethyl adjacent to an activating group) is 1. The number of benzene rings is 1. The highest BCUT2D eigenvalue weighted by atomic mass is 79.9. The van der Waals surface area contributed by atoms with Crippen molar-refractivity contribution in [3.63, 3.8) is 0 Å². The summed E-state index contributed by atoms with van der Waals surface area (Å²) >= 11 is 5.13. The molecule has 5 nitrogen and oxygen atoms in total. The third-order valence-electron chi connectivity index (χ3n) is 4.79. The summed E-state index contributed by atoms with van der Waals surface area (Å²) in [6, 6.07) is 12.4. The maximum atomic E-state index is 12.6. The predicted octanol–water partition coefficient (Wildman–Crippen LogP) is 3.86. The van der Waals surface area contributed by atoms with Gasteiger partial charge in [-0.3, -0.25) is 14.5 Å². The average Bonchev–Trinajstić information content (AvgIpc) is 3.06. The molecule has 0 saturated carbocycles. The molecule has 0 spiro atoms. The molecule has 29 heavy (non-hydrogen) atoms. The van der Waals surface area contributed by atoms with Crippen molar-refractivity contribution in [2.24, 2.45) is 0 Å². The maximum absolute atomic E-state index is 12.6. The van der Waals surface area contributed by atoms with Crippen LogP contribution >= 0.6 is 27.3 Å². The summed E-state index contributed by atoms with van der Waals surface area (Å²) in [5.41, 5.74) is 1.17. The van der Waals surface area contributed by atoms with Crippen LogP contribution in [0, 0.1) is 0 Å². The summed E-state index contributed by atoms with van der Waals surface area (Å²) in [6.45, 7) is 5.91. The number of nitrogens with zero attached hydrogens (tertiary/aromatic N) is 2. The fraction of sp³-hybridized carbons (Fsp3) is 0.364. The molecular formula is C22H26BrN3O2S. The van der Waals surface area contributed by atoms with Crippen LogP contribution in [0.5, 0.6) is 0 Å². The van der Waals surface area contributed by atoms with Crippen molar-refractivity contribution in [1.29, 1.82) is 0 Å². The Hall–Kier alpha value is -1.96. The summed E-state index contributed by atoms with van der Waals surface area (Å²) in [4.78, 5) is 30.6. The maximum Gasteiger partial charge on any atom is 0.246 e. The number of thiophene rings is 1. The van der Waals surface area contributed by atoms with E-state index in [0.29, 0.717) is 19.6 Å². The van der Waals surface area contributed by atoms with Gasteiger partial charge in [0.05, 0.1) is 6.54 Å². The van der Waals surface area contributed by atoms with Gasteiger partial charge in [-0.2, -0.15) is 0 Å². The Morgan fingerprint density at radius 3 is 2.66 bits per heavy atom. The van der Waals surface area contributed by atoms with E-state index >= 15 is 0 Å². The largest absolute Gasteiger partial charge is 0.355 e. The SMILES string of the molecule is CCNC(=O)CN1CCCN(C(=O)/C=C/c2ccc(-c3ccc(Br)cc3)s2)CC1. The Kier molecular flexibility index (Phi) is 8.03. The van der Waals surface area contributed by atoms with E-state index in [9.17, 15) is 9.59 Å². The third kappa shape index (κ3) is 6.52. The van der Waals surface area contributed by atoms with Crippen molar-refractivity contribution in [1.82, 2.24) is 15.1 Å². The molecule has 7 heteroatoms. The van der Waals surface area contributed by atoms with Gasteiger partial charge in [-0.05, 0) is 49.2 Å². The van der Waals surface area contributed by atoms with Crippen molar-refractivity contribution in [2.45, 2.75) is 13.3 Å². The molecule has 2 amide bonds. The smallest absolute Gasteiger partial charge is 0.246 e. The van der Waals surface area contributed by atoms with Gasteiger partial charge >= 0.3 is 0 Å². The summed E-state index contributed by atoms with van der Waals surface area (Å²) in [5, 5.41) is 2.83. The predicted molar refractivity (Wildman–Crippen MR) is 123 cm³/mol. The van der Waals surface area contributed by atoms with Crippen LogP contribution in [-0.2, 0) is 9.59 Å². The van der Waals surface area contributed by atoms with Crippen molar-refractivity contribution >= 4 is 45.2 Å². The quantitative estimate of drug-likeness (QED) is 0.645. The van der Waals surface area contributed by atoms with Gasteiger partial charge in [0, 0.05) is 53.0 Å². The number of amides is 2. The van der Waals surface area contributed by atoms with Crippen LogP contribution in [0.25, 0.3) is 16.5 Å². The van der Waals surface area contributed by atoms with E-state index in [2.05, 4.69) is 44.3 Å². The first-order valence-electron chi connectivity index (χ1n) is 9.87. The second kappa shape index (κ2) is 10.7. The minimum absolute atomic E-state index is 0.0310. The Morgan fingerprint density at radius 2 is 1.90 bits per heavy atom. The van der Waals surface area contributed by atoms with Crippen LogP contribution in [0.15, 0.2) is 46.9 Å². The third-order valence-corrected chi connectivity index (χ3v) is 6.42. The lowest BCUT2D eigenvalue weighted by Gasteiger charge is -2.20. The molecule has 1 aliphatic rings. The molecule has 154 valence electrons. The highest BCUT2D eigenvalue weighted by molar-refractivity contribution is 9.10. The Balaban J connectivity index is 1.54. The van der Waals surface area contributed by atoms with Crippen molar-refractivity contribution < 1.29 is 9.59 Å². The van der Waals surface area contributed by atoms with Crippen molar-refractivity contribution in [3.8, 4) is 10.4 Å². The molecule has 2 aromatic rings. The number of halogens is 1. The molecule has 1 aromatic heterocycles. The number of hydrogen-bond acceptors (Lipinski definition) is 4. The minimum atomic E-state index is 0.0310. The first-order chi connectivity index (χ1) is 14.0. The molecule has 0 atom stereocenters. The van der Waals surface area contributed by atoms with E-state index in [0.717, 1.165) is 35.4 Å². The summed E-state index contributed by atoms with van der Waals surface area (Å²) < 4.78 is 1.06. The first-order valence-corrected chi connectivity index (χ1v) is 11.5. The molecule has 1 N–H and O–H groups in total. The zero-order chi connectivity index (χ0) is 20.6. The van der Waals surface area contributed by atoms with Gasteiger partial charge in [-0.15, -0.1) is 11.3 Å². The molecule has 1 aliphatic heterocycles. The van der Waals surface area contributed by atoms with Crippen LogP contribution in [0.3, 0.4) is 0 Å². The molecule has 2 heterocycles. The molecule has 1 saturated heterocycles. The van der Waals surface area contributed by atoms with Gasteiger partial charge in [0.25, 0.3) is 0 Å². The van der Waals surface area contributed by atoms with Crippen LogP contribution in [0.2, 0.25) is 0 Å². The van der Waals surface area contributed by atoms with E-state index in [1.807, 2.05) is 36.1 Å².